The molecule has 6 rings (SSSR count). The van der Waals surface area contributed by atoms with E-state index in [4.69, 9.17) is 4.98 Å². The topological polar surface area (TPSA) is 88.0 Å². The Bertz CT molecular complexity index is 1270. The third kappa shape index (κ3) is 3.73. The maximum absolute atomic E-state index is 12.9. The third-order valence-corrected chi connectivity index (χ3v) is 8.26. The molecule has 168 valence electrons. The third-order valence-electron chi connectivity index (χ3n) is 6.06. The highest BCUT2D eigenvalue weighted by atomic mass is 32.1. The molecule has 8 nitrogen and oxygen atoms in total. The minimum absolute atomic E-state index is 0. The minimum atomic E-state index is 0. The van der Waals surface area contributed by atoms with Crippen LogP contribution >= 0.6 is 22.7 Å². The number of thiophene rings is 1. The molecule has 2 N–H and O–H groups in total. The highest BCUT2D eigenvalue weighted by molar-refractivity contribution is 7.22. The van der Waals surface area contributed by atoms with Crippen LogP contribution in [-0.2, 0) is 30.8 Å². The van der Waals surface area contributed by atoms with Crippen molar-refractivity contribution in [2.75, 3.05) is 25.0 Å². The number of nitrogens with zero attached hydrogens (tertiary/aromatic N) is 5. The Morgan fingerprint density at radius 1 is 1.25 bits per heavy atom. The summed E-state index contributed by atoms with van der Waals surface area (Å²) < 4.78 is 3.16. The van der Waals surface area contributed by atoms with E-state index < -0.39 is 0 Å². The van der Waals surface area contributed by atoms with Crippen molar-refractivity contribution in [3.8, 4) is 10.6 Å². The van der Waals surface area contributed by atoms with Gasteiger partial charge in [0, 0.05) is 58.3 Å². The maximum atomic E-state index is 12.9. The van der Waals surface area contributed by atoms with Gasteiger partial charge in [0.1, 0.15) is 15.5 Å². The predicted molar refractivity (Wildman–Crippen MR) is 131 cm³/mol. The highest BCUT2D eigenvalue weighted by Crippen LogP contribution is 2.44. The number of amides is 1. The number of fused-ring (bicyclic) bond motifs is 3. The van der Waals surface area contributed by atoms with Gasteiger partial charge in [-0.3, -0.25) is 19.4 Å². The van der Waals surface area contributed by atoms with E-state index in [-0.39, 0.29) is 8.76 Å². The van der Waals surface area contributed by atoms with Crippen LogP contribution in [0.25, 0.3) is 20.8 Å². The Labute approximate surface area is 196 Å². The lowest BCUT2D eigenvalue weighted by atomic mass is 10.0. The number of thiazole rings is 1. The van der Waals surface area contributed by atoms with Gasteiger partial charge in [-0.15, -0.1) is 22.7 Å². The number of rotatable bonds is 5. The molecule has 2 aliphatic heterocycles. The Morgan fingerprint density at radius 3 is 3.16 bits per heavy atom. The van der Waals surface area contributed by atoms with Crippen LogP contribution < -0.4 is 10.6 Å². The number of hydrogen-bond donors (Lipinski definition) is 2. The van der Waals surface area contributed by atoms with Crippen molar-refractivity contribution < 1.29 is 7.65 Å². The van der Waals surface area contributed by atoms with Crippen molar-refractivity contribution in [2.24, 2.45) is 0 Å². The Kier molecular flexibility index (Phi) is 5.22. The standard InChI is InChI=1S/C22H23N7OS2.2H2/c30-19(4-8-28-9-10-29-14(13-28)1-7-25-29)27-22-20(15-2-5-24-12-18(15)32-22)21-26-16-11-23-6-3-17(16)31-21;;/h1,3,6-7,11,24H,2,4-5,8-10,12-13H2,(H,27,30);2*1H. The molecule has 0 spiro atoms. The van der Waals surface area contributed by atoms with Gasteiger partial charge in [-0.25, -0.2) is 4.98 Å². The van der Waals surface area contributed by atoms with Crippen molar-refractivity contribution in [1.29, 1.82) is 0 Å². The van der Waals surface area contributed by atoms with Crippen LogP contribution in [0.5, 0.6) is 0 Å². The van der Waals surface area contributed by atoms with Gasteiger partial charge in [-0.05, 0) is 30.7 Å². The molecule has 0 radical (unpaired) electrons. The summed E-state index contributed by atoms with van der Waals surface area (Å²) in [5.74, 6) is 0.0552. The van der Waals surface area contributed by atoms with Gasteiger partial charge in [0.15, 0.2) is 0 Å². The monoisotopic (exact) mass is 469 g/mol. The average molecular weight is 470 g/mol. The fourth-order valence-corrected chi connectivity index (χ4v) is 6.73. The van der Waals surface area contributed by atoms with Crippen molar-refractivity contribution >= 4 is 43.8 Å². The van der Waals surface area contributed by atoms with Crippen LogP contribution in [0.1, 0.15) is 25.4 Å². The molecule has 0 aromatic carbocycles. The maximum Gasteiger partial charge on any atom is 0.226 e. The van der Waals surface area contributed by atoms with Crippen LogP contribution in [-0.4, -0.2) is 50.2 Å². The Morgan fingerprint density at radius 2 is 2.22 bits per heavy atom. The quantitative estimate of drug-likeness (QED) is 0.464. The van der Waals surface area contributed by atoms with E-state index in [1.54, 1.807) is 35.1 Å². The summed E-state index contributed by atoms with van der Waals surface area (Å²) in [6.45, 7) is 5.18. The summed E-state index contributed by atoms with van der Waals surface area (Å²) in [7, 11) is 0. The minimum Gasteiger partial charge on any atom is -0.317 e. The first-order valence-corrected chi connectivity index (χ1v) is 12.5. The molecular weight excluding hydrogens is 442 g/mol. The molecule has 4 aromatic rings. The highest BCUT2D eigenvalue weighted by Gasteiger charge is 2.25. The summed E-state index contributed by atoms with van der Waals surface area (Å²) in [6, 6.07) is 4.05. The zero-order chi connectivity index (χ0) is 21.5. The van der Waals surface area contributed by atoms with Gasteiger partial charge < -0.3 is 10.6 Å². The van der Waals surface area contributed by atoms with E-state index in [1.807, 2.05) is 16.9 Å². The lowest BCUT2D eigenvalue weighted by molar-refractivity contribution is -0.116. The lowest BCUT2D eigenvalue weighted by Gasteiger charge is -2.27. The molecule has 0 fully saturated rings. The van der Waals surface area contributed by atoms with Crippen LogP contribution in [0, 0.1) is 0 Å². The van der Waals surface area contributed by atoms with Gasteiger partial charge in [-0.2, -0.15) is 5.10 Å². The van der Waals surface area contributed by atoms with E-state index >= 15 is 0 Å². The van der Waals surface area contributed by atoms with Gasteiger partial charge in [0.05, 0.1) is 23.1 Å². The molecule has 4 aromatic heterocycles. The Hall–Kier alpha value is -2.66. The molecule has 0 aliphatic carbocycles. The van der Waals surface area contributed by atoms with E-state index in [1.165, 1.54) is 16.1 Å². The number of nitrogens with one attached hydrogen (secondary N) is 2. The molecule has 0 bridgehead atoms. The van der Waals surface area contributed by atoms with Crippen LogP contribution in [0.15, 0.2) is 30.7 Å². The van der Waals surface area contributed by atoms with Gasteiger partial charge in [-0.1, -0.05) is 0 Å². The second kappa shape index (κ2) is 8.36. The second-order valence-electron chi connectivity index (χ2n) is 8.12. The average Bonchev–Trinajstić information content (AvgIpc) is 3.52. The van der Waals surface area contributed by atoms with Crippen molar-refractivity contribution in [3.05, 3.63) is 46.9 Å². The first-order valence-electron chi connectivity index (χ1n) is 10.8. The smallest absolute Gasteiger partial charge is 0.226 e. The normalized spacial score (nSPS) is 16.1. The van der Waals surface area contributed by atoms with E-state index in [0.29, 0.717) is 6.42 Å². The number of pyridine rings is 1. The second-order valence-corrected chi connectivity index (χ2v) is 10.3. The van der Waals surface area contributed by atoms with Crippen molar-refractivity contribution in [2.45, 2.75) is 32.5 Å². The summed E-state index contributed by atoms with van der Waals surface area (Å²) in [6.07, 6.45) is 6.87. The van der Waals surface area contributed by atoms with Crippen molar-refractivity contribution in [1.82, 2.24) is 30.0 Å². The zero-order valence-electron chi connectivity index (χ0n) is 17.5. The summed E-state index contributed by atoms with van der Waals surface area (Å²) in [4.78, 5) is 25.6. The molecule has 1 amide bonds. The Balaban J connectivity index is 0.00000137. The summed E-state index contributed by atoms with van der Waals surface area (Å²) in [5, 5.41) is 12.9. The summed E-state index contributed by atoms with van der Waals surface area (Å²) >= 11 is 3.35. The molecule has 0 unspecified atom stereocenters. The zero-order valence-corrected chi connectivity index (χ0v) is 19.1. The van der Waals surface area contributed by atoms with E-state index in [0.717, 1.165) is 71.5 Å². The molecule has 10 heteroatoms. The molecular formula is C22H27N7OS2. The van der Waals surface area contributed by atoms with Crippen LogP contribution in [0.4, 0.5) is 5.00 Å². The molecule has 32 heavy (non-hydrogen) atoms. The molecule has 0 saturated carbocycles. The van der Waals surface area contributed by atoms with Gasteiger partial charge in [0.25, 0.3) is 0 Å². The molecule has 0 saturated heterocycles. The van der Waals surface area contributed by atoms with E-state index in [2.05, 4.69) is 31.7 Å². The fraction of sp³-hybridized carbons (Fsp3) is 0.364. The van der Waals surface area contributed by atoms with Crippen molar-refractivity contribution in [3.63, 3.8) is 0 Å². The first kappa shape index (κ1) is 20.0. The molecule has 2 aliphatic rings. The SMILES string of the molecule is O=C(CCN1CCn2nccc2C1)Nc1sc2c(c1-c1nc3cnccc3s1)CCNC2.[HH].[HH]. The number of carbonyl (C=O) groups is 1. The lowest BCUT2D eigenvalue weighted by Crippen LogP contribution is -2.35. The van der Waals surface area contributed by atoms with Crippen LogP contribution in [0.2, 0.25) is 0 Å². The number of aromatic nitrogens is 4. The predicted octanol–water partition coefficient (Wildman–Crippen LogP) is 3.60. The molecule has 6 heterocycles. The summed E-state index contributed by atoms with van der Waals surface area (Å²) in [5.41, 5.74) is 4.54. The van der Waals surface area contributed by atoms with Gasteiger partial charge in [0.2, 0.25) is 5.91 Å². The first-order chi connectivity index (χ1) is 15.7. The largest absolute Gasteiger partial charge is 0.317 e. The fourth-order valence-electron chi connectivity index (χ4n) is 4.42. The number of carbonyl (C=O) groups excluding carboxylic acids is 1. The van der Waals surface area contributed by atoms with Crippen LogP contribution in [0.3, 0.4) is 0 Å². The number of hydrogen-bond acceptors (Lipinski definition) is 8. The van der Waals surface area contributed by atoms with Gasteiger partial charge >= 0.3 is 0 Å². The number of anilines is 1. The molecule has 0 atom stereocenters. The van der Waals surface area contributed by atoms with E-state index in [9.17, 15) is 4.79 Å².